The van der Waals surface area contributed by atoms with E-state index in [1.54, 1.807) is 0 Å². The van der Waals surface area contributed by atoms with Gasteiger partial charge >= 0.3 is 0 Å². The maximum absolute atomic E-state index is 3.69. The monoisotopic (exact) mass is 218 g/mol. The Morgan fingerprint density at radius 2 is 1.75 bits per heavy atom. The lowest BCUT2D eigenvalue weighted by Gasteiger charge is -2.26. The van der Waals surface area contributed by atoms with Gasteiger partial charge in [-0.15, -0.1) is 0 Å². The summed E-state index contributed by atoms with van der Waals surface area (Å²) in [6.45, 7) is 0. The highest BCUT2D eigenvalue weighted by Crippen LogP contribution is 2.27. The molecule has 0 aliphatic heterocycles. The van der Waals surface area contributed by atoms with Gasteiger partial charge in [-0.3, -0.25) is 0 Å². The fraction of sp³-hybridized carbons (Fsp3) is 0.571. The van der Waals surface area contributed by atoms with Crippen LogP contribution in [0.2, 0.25) is 0 Å². The number of hydrogen-bond donors (Lipinski definition) is 1. The fourth-order valence-corrected chi connectivity index (χ4v) is 2.45. The largest absolute Gasteiger partial charge is 0.381 e. The SMILES string of the molecule is CN(C)c1ccccc1NC1CCCCC1. The van der Waals surface area contributed by atoms with Crippen LogP contribution in [0.15, 0.2) is 24.3 Å². The first-order chi connectivity index (χ1) is 7.77. The molecule has 0 aromatic heterocycles. The van der Waals surface area contributed by atoms with Crippen LogP contribution in [0.1, 0.15) is 32.1 Å². The molecule has 0 amide bonds. The van der Waals surface area contributed by atoms with Gasteiger partial charge in [-0.25, -0.2) is 0 Å². The summed E-state index contributed by atoms with van der Waals surface area (Å²) in [4.78, 5) is 2.17. The summed E-state index contributed by atoms with van der Waals surface area (Å²) in [6.07, 6.45) is 6.81. The van der Waals surface area contributed by atoms with E-state index in [1.807, 2.05) is 0 Å². The summed E-state index contributed by atoms with van der Waals surface area (Å²) in [5.41, 5.74) is 2.56. The van der Waals surface area contributed by atoms with Crippen LogP contribution < -0.4 is 10.2 Å². The molecule has 1 aliphatic rings. The summed E-state index contributed by atoms with van der Waals surface area (Å²) in [6, 6.07) is 9.24. The van der Waals surface area contributed by atoms with Crippen molar-refractivity contribution >= 4 is 11.4 Å². The lowest BCUT2D eigenvalue weighted by molar-refractivity contribution is 0.463. The molecular formula is C14H22N2. The van der Waals surface area contributed by atoms with E-state index in [0.717, 1.165) is 0 Å². The van der Waals surface area contributed by atoms with Gasteiger partial charge in [0.1, 0.15) is 0 Å². The smallest absolute Gasteiger partial charge is 0.0596 e. The number of rotatable bonds is 3. The van der Waals surface area contributed by atoms with Crippen molar-refractivity contribution in [2.75, 3.05) is 24.3 Å². The van der Waals surface area contributed by atoms with Crippen LogP contribution in [0.25, 0.3) is 0 Å². The molecule has 0 spiro atoms. The van der Waals surface area contributed by atoms with Gasteiger partial charge in [-0.2, -0.15) is 0 Å². The van der Waals surface area contributed by atoms with Crippen LogP contribution in [0, 0.1) is 0 Å². The van der Waals surface area contributed by atoms with E-state index in [-0.39, 0.29) is 0 Å². The number of nitrogens with zero attached hydrogens (tertiary/aromatic N) is 1. The molecule has 1 aromatic carbocycles. The van der Waals surface area contributed by atoms with Crippen molar-refractivity contribution in [1.29, 1.82) is 0 Å². The van der Waals surface area contributed by atoms with Gasteiger partial charge in [-0.1, -0.05) is 31.4 Å². The zero-order valence-corrected chi connectivity index (χ0v) is 10.4. The van der Waals surface area contributed by atoms with Crippen molar-refractivity contribution in [1.82, 2.24) is 0 Å². The summed E-state index contributed by atoms with van der Waals surface area (Å²) in [5, 5.41) is 3.69. The molecule has 0 unspecified atom stereocenters. The van der Waals surface area contributed by atoms with E-state index in [2.05, 4.69) is 48.6 Å². The minimum absolute atomic E-state index is 0.676. The fourth-order valence-electron chi connectivity index (χ4n) is 2.45. The second kappa shape index (κ2) is 5.24. The summed E-state index contributed by atoms with van der Waals surface area (Å²) < 4.78 is 0. The molecule has 2 rings (SSSR count). The Morgan fingerprint density at radius 1 is 1.06 bits per heavy atom. The van der Waals surface area contributed by atoms with E-state index in [9.17, 15) is 0 Å². The third-order valence-electron chi connectivity index (χ3n) is 3.35. The molecular weight excluding hydrogens is 196 g/mol. The highest BCUT2D eigenvalue weighted by molar-refractivity contribution is 5.69. The number of anilines is 2. The summed E-state index contributed by atoms with van der Waals surface area (Å²) in [5.74, 6) is 0. The zero-order chi connectivity index (χ0) is 11.4. The van der Waals surface area contributed by atoms with Crippen molar-refractivity contribution < 1.29 is 0 Å². The Balaban J connectivity index is 2.07. The third kappa shape index (κ3) is 2.69. The Labute approximate surface area is 98.7 Å². The van der Waals surface area contributed by atoms with E-state index < -0.39 is 0 Å². The number of hydrogen-bond acceptors (Lipinski definition) is 2. The Kier molecular flexibility index (Phi) is 3.70. The summed E-state index contributed by atoms with van der Waals surface area (Å²) in [7, 11) is 4.20. The second-order valence-electron chi connectivity index (χ2n) is 4.89. The first kappa shape index (κ1) is 11.3. The van der Waals surface area contributed by atoms with E-state index in [0.29, 0.717) is 6.04 Å². The molecule has 1 aromatic rings. The normalized spacial score (nSPS) is 17.1. The van der Waals surface area contributed by atoms with Gasteiger partial charge in [0, 0.05) is 20.1 Å². The Hall–Kier alpha value is -1.18. The van der Waals surface area contributed by atoms with E-state index >= 15 is 0 Å². The lowest BCUT2D eigenvalue weighted by atomic mass is 9.95. The second-order valence-corrected chi connectivity index (χ2v) is 4.89. The molecule has 0 bridgehead atoms. The number of benzene rings is 1. The van der Waals surface area contributed by atoms with Crippen molar-refractivity contribution in [3.8, 4) is 0 Å². The van der Waals surface area contributed by atoms with Gasteiger partial charge in [0.05, 0.1) is 11.4 Å². The molecule has 0 heterocycles. The van der Waals surface area contributed by atoms with Gasteiger partial charge in [0.2, 0.25) is 0 Å². The Morgan fingerprint density at radius 3 is 2.44 bits per heavy atom. The molecule has 1 aliphatic carbocycles. The van der Waals surface area contributed by atoms with E-state index in [1.165, 1.54) is 43.5 Å². The summed E-state index contributed by atoms with van der Waals surface area (Å²) >= 11 is 0. The average molecular weight is 218 g/mol. The average Bonchev–Trinajstić information content (AvgIpc) is 2.31. The highest BCUT2D eigenvalue weighted by atomic mass is 15.1. The molecule has 2 heteroatoms. The maximum atomic E-state index is 3.69. The van der Waals surface area contributed by atoms with Crippen LogP contribution in [-0.2, 0) is 0 Å². The molecule has 1 N–H and O–H groups in total. The number of nitrogens with one attached hydrogen (secondary N) is 1. The van der Waals surface area contributed by atoms with Crippen molar-refractivity contribution in [2.45, 2.75) is 38.1 Å². The zero-order valence-electron chi connectivity index (χ0n) is 10.4. The molecule has 0 atom stereocenters. The number of para-hydroxylation sites is 2. The molecule has 0 radical (unpaired) electrons. The first-order valence-corrected chi connectivity index (χ1v) is 6.30. The standard InChI is InChI=1S/C14H22N2/c1-16(2)14-11-7-6-10-13(14)15-12-8-4-3-5-9-12/h6-7,10-12,15H,3-5,8-9H2,1-2H3. The van der Waals surface area contributed by atoms with Crippen molar-refractivity contribution in [3.63, 3.8) is 0 Å². The molecule has 2 nitrogen and oxygen atoms in total. The van der Waals surface area contributed by atoms with Crippen LogP contribution in [0.5, 0.6) is 0 Å². The van der Waals surface area contributed by atoms with Crippen LogP contribution in [-0.4, -0.2) is 20.1 Å². The van der Waals surface area contributed by atoms with Gasteiger partial charge in [-0.05, 0) is 25.0 Å². The quantitative estimate of drug-likeness (QED) is 0.835. The van der Waals surface area contributed by atoms with Crippen molar-refractivity contribution in [2.24, 2.45) is 0 Å². The van der Waals surface area contributed by atoms with Crippen molar-refractivity contribution in [3.05, 3.63) is 24.3 Å². The van der Waals surface area contributed by atoms with Crippen LogP contribution in [0.4, 0.5) is 11.4 Å². The van der Waals surface area contributed by atoms with E-state index in [4.69, 9.17) is 0 Å². The molecule has 88 valence electrons. The molecule has 1 fully saturated rings. The van der Waals surface area contributed by atoms with Crippen LogP contribution in [0.3, 0.4) is 0 Å². The van der Waals surface area contributed by atoms with Crippen LogP contribution >= 0.6 is 0 Å². The predicted molar refractivity (Wildman–Crippen MR) is 71.3 cm³/mol. The highest BCUT2D eigenvalue weighted by Gasteiger charge is 2.14. The van der Waals surface area contributed by atoms with Gasteiger partial charge < -0.3 is 10.2 Å². The maximum Gasteiger partial charge on any atom is 0.0596 e. The lowest BCUT2D eigenvalue weighted by Crippen LogP contribution is -2.23. The van der Waals surface area contributed by atoms with Gasteiger partial charge in [0.15, 0.2) is 0 Å². The molecule has 0 saturated heterocycles. The first-order valence-electron chi connectivity index (χ1n) is 6.30. The minimum Gasteiger partial charge on any atom is -0.381 e. The Bertz CT molecular complexity index is 327. The molecule has 1 saturated carbocycles. The topological polar surface area (TPSA) is 15.3 Å². The van der Waals surface area contributed by atoms with Gasteiger partial charge in [0.25, 0.3) is 0 Å². The predicted octanol–water partition coefficient (Wildman–Crippen LogP) is 3.50. The minimum atomic E-state index is 0.676. The molecule has 16 heavy (non-hydrogen) atoms. The third-order valence-corrected chi connectivity index (χ3v) is 3.35.